The quantitative estimate of drug-likeness (QED) is 0.445. The number of ether oxygens (including phenoxy) is 2. The Balaban J connectivity index is 1.58. The van der Waals surface area contributed by atoms with Gasteiger partial charge in [0.15, 0.2) is 11.6 Å². The van der Waals surface area contributed by atoms with Crippen molar-refractivity contribution in [2.75, 3.05) is 0 Å². The zero-order chi connectivity index (χ0) is 22.4. The van der Waals surface area contributed by atoms with Crippen LogP contribution >= 0.6 is 0 Å². The number of nitrogens with zero attached hydrogens (tertiary/aromatic N) is 1. The van der Waals surface area contributed by atoms with E-state index in [9.17, 15) is 18.4 Å². The molecule has 31 heavy (non-hydrogen) atoms. The van der Waals surface area contributed by atoms with Gasteiger partial charge in [0.05, 0.1) is 17.0 Å². The van der Waals surface area contributed by atoms with E-state index < -0.39 is 28.9 Å². The molecule has 0 bridgehead atoms. The van der Waals surface area contributed by atoms with E-state index in [4.69, 9.17) is 14.7 Å². The average molecular weight is 427 g/mol. The molecule has 0 saturated heterocycles. The van der Waals surface area contributed by atoms with Crippen LogP contribution in [0.1, 0.15) is 61.4 Å². The van der Waals surface area contributed by atoms with Crippen LogP contribution in [0.5, 0.6) is 11.5 Å². The van der Waals surface area contributed by atoms with Crippen LogP contribution < -0.4 is 9.47 Å². The smallest absolute Gasteiger partial charge is 0.343 e. The molecule has 0 aromatic heterocycles. The molecule has 0 N–H and O–H groups in total. The van der Waals surface area contributed by atoms with Gasteiger partial charge in [-0.1, -0.05) is 19.8 Å². The first-order valence-corrected chi connectivity index (χ1v) is 10.3. The molecule has 0 amide bonds. The first-order valence-electron chi connectivity index (χ1n) is 10.3. The number of carbonyl (C=O) groups is 2. The molecule has 1 fully saturated rings. The summed E-state index contributed by atoms with van der Waals surface area (Å²) >= 11 is 0. The summed E-state index contributed by atoms with van der Waals surface area (Å²) in [5.74, 6) is -3.72. The van der Waals surface area contributed by atoms with E-state index in [1.54, 1.807) is 0 Å². The summed E-state index contributed by atoms with van der Waals surface area (Å²) in [5, 5.41) is 8.70. The standard InChI is InChI=1S/C24H23F2NO4/c1-2-3-15-4-6-16(7-5-15)23(28)30-19-11-8-17(9-12-19)24(29)31-20-13-10-18(14-27)21(25)22(20)26/h8-13,15-16H,2-7H2,1H3/t15-,16-. The van der Waals surface area contributed by atoms with Crippen LogP contribution in [0, 0.1) is 34.8 Å². The zero-order valence-corrected chi connectivity index (χ0v) is 17.2. The second-order valence-electron chi connectivity index (χ2n) is 7.69. The molecule has 0 spiro atoms. The Morgan fingerprint density at radius 1 is 1.00 bits per heavy atom. The molecule has 3 rings (SSSR count). The van der Waals surface area contributed by atoms with Gasteiger partial charge in [-0.3, -0.25) is 4.79 Å². The van der Waals surface area contributed by atoms with Crippen molar-refractivity contribution in [3.63, 3.8) is 0 Å². The maximum absolute atomic E-state index is 13.9. The Morgan fingerprint density at radius 3 is 2.29 bits per heavy atom. The van der Waals surface area contributed by atoms with Gasteiger partial charge in [0.2, 0.25) is 5.82 Å². The molecular formula is C24H23F2NO4. The molecule has 0 aliphatic heterocycles. The summed E-state index contributed by atoms with van der Waals surface area (Å²) in [6.45, 7) is 2.17. The number of carbonyl (C=O) groups excluding carboxylic acids is 2. The van der Waals surface area contributed by atoms with Gasteiger partial charge in [-0.25, -0.2) is 9.18 Å². The van der Waals surface area contributed by atoms with Crippen LogP contribution in [0.25, 0.3) is 0 Å². The number of hydrogen-bond acceptors (Lipinski definition) is 5. The molecule has 2 aromatic carbocycles. The fraction of sp³-hybridized carbons (Fsp3) is 0.375. The molecule has 162 valence electrons. The van der Waals surface area contributed by atoms with E-state index in [0.29, 0.717) is 11.7 Å². The van der Waals surface area contributed by atoms with E-state index in [0.717, 1.165) is 44.2 Å². The summed E-state index contributed by atoms with van der Waals surface area (Å²) in [6.07, 6.45) is 6.05. The molecule has 0 unspecified atom stereocenters. The number of nitriles is 1. The minimum atomic E-state index is -1.41. The SMILES string of the molecule is CCC[C@H]1CC[C@H](C(=O)Oc2ccc(C(=O)Oc3ccc(C#N)c(F)c3F)cc2)CC1. The van der Waals surface area contributed by atoms with Gasteiger partial charge in [0.25, 0.3) is 0 Å². The Bertz CT molecular complexity index is 990. The predicted octanol–water partition coefficient (Wildman–Crippen LogP) is 5.57. The van der Waals surface area contributed by atoms with E-state index in [1.807, 2.05) is 0 Å². The molecule has 1 aliphatic carbocycles. The third-order valence-electron chi connectivity index (χ3n) is 5.56. The third kappa shape index (κ3) is 5.46. The summed E-state index contributed by atoms with van der Waals surface area (Å²) in [7, 11) is 0. The Labute approximate surface area is 179 Å². The van der Waals surface area contributed by atoms with Gasteiger partial charge in [-0.2, -0.15) is 9.65 Å². The number of rotatable bonds is 6. The molecule has 0 heterocycles. The monoisotopic (exact) mass is 427 g/mol. The van der Waals surface area contributed by atoms with Crippen molar-refractivity contribution < 1.29 is 27.8 Å². The predicted molar refractivity (Wildman–Crippen MR) is 108 cm³/mol. The lowest BCUT2D eigenvalue weighted by atomic mass is 9.80. The van der Waals surface area contributed by atoms with Gasteiger partial charge in [-0.15, -0.1) is 0 Å². The molecule has 7 heteroatoms. The first kappa shape index (κ1) is 22.4. The summed E-state index contributed by atoms with van der Waals surface area (Å²) < 4.78 is 37.9. The third-order valence-corrected chi connectivity index (χ3v) is 5.56. The van der Waals surface area contributed by atoms with Gasteiger partial charge in [0.1, 0.15) is 11.8 Å². The molecule has 1 saturated carbocycles. The average Bonchev–Trinajstić information content (AvgIpc) is 2.78. The second kappa shape index (κ2) is 10.2. The van der Waals surface area contributed by atoms with Crippen molar-refractivity contribution in [2.45, 2.75) is 45.4 Å². The van der Waals surface area contributed by atoms with Gasteiger partial charge >= 0.3 is 11.9 Å². The summed E-state index contributed by atoms with van der Waals surface area (Å²) in [6, 6.07) is 9.20. The lowest BCUT2D eigenvalue weighted by molar-refractivity contribution is -0.140. The highest BCUT2D eigenvalue weighted by Gasteiger charge is 2.27. The summed E-state index contributed by atoms with van der Waals surface area (Å²) in [5.41, 5.74) is -0.411. The van der Waals surface area contributed by atoms with Gasteiger partial charge in [-0.05, 0) is 68.0 Å². The molecular weight excluding hydrogens is 404 g/mol. The fourth-order valence-corrected chi connectivity index (χ4v) is 3.81. The van der Waals surface area contributed by atoms with Crippen LogP contribution in [-0.2, 0) is 4.79 Å². The Hall–Kier alpha value is -3.27. The van der Waals surface area contributed by atoms with Crippen LogP contribution in [0.4, 0.5) is 8.78 Å². The minimum Gasteiger partial charge on any atom is -0.426 e. The molecule has 0 atom stereocenters. The van der Waals surface area contributed by atoms with Crippen LogP contribution in [-0.4, -0.2) is 11.9 Å². The molecule has 5 nitrogen and oxygen atoms in total. The van der Waals surface area contributed by atoms with Crippen molar-refractivity contribution in [1.29, 1.82) is 5.26 Å². The van der Waals surface area contributed by atoms with E-state index in [1.165, 1.54) is 36.8 Å². The van der Waals surface area contributed by atoms with Crippen LogP contribution in [0.2, 0.25) is 0 Å². The maximum Gasteiger partial charge on any atom is 0.343 e. The maximum atomic E-state index is 13.9. The normalized spacial score (nSPS) is 18.1. The van der Waals surface area contributed by atoms with Crippen molar-refractivity contribution >= 4 is 11.9 Å². The van der Waals surface area contributed by atoms with Crippen molar-refractivity contribution in [3.8, 4) is 17.6 Å². The number of hydrogen-bond donors (Lipinski definition) is 0. The Morgan fingerprint density at radius 2 is 1.68 bits per heavy atom. The molecule has 1 aliphatic rings. The van der Waals surface area contributed by atoms with E-state index >= 15 is 0 Å². The Kier molecular flexibility index (Phi) is 7.35. The van der Waals surface area contributed by atoms with Crippen molar-refractivity contribution in [2.24, 2.45) is 11.8 Å². The van der Waals surface area contributed by atoms with Crippen molar-refractivity contribution in [3.05, 3.63) is 59.2 Å². The fourth-order valence-electron chi connectivity index (χ4n) is 3.81. The largest absolute Gasteiger partial charge is 0.426 e. The lowest BCUT2D eigenvalue weighted by Gasteiger charge is -2.26. The topological polar surface area (TPSA) is 76.4 Å². The number of benzene rings is 2. The van der Waals surface area contributed by atoms with Gasteiger partial charge < -0.3 is 9.47 Å². The number of halogens is 2. The van der Waals surface area contributed by atoms with Crippen LogP contribution in [0.3, 0.4) is 0 Å². The number of esters is 2. The summed E-state index contributed by atoms with van der Waals surface area (Å²) in [4.78, 5) is 24.6. The molecule has 2 aromatic rings. The highest BCUT2D eigenvalue weighted by atomic mass is 19.2. The second-order valence-corrected chi connectivity index (χ2v) is 7.69. The first-order chi connectivity index (χ1) is 14.9. The van der Waals surface area contributed by atoms with Crippen molar-refractivity contribution in [1.82, 2.24) is 0 Å². The van der Waals surface area contributed by atoms with Crippen LogP contribution in [0.15, 0.2) is 36.4 Å². The lowest BCUT2D eigenvalue weighted by Crippen LogP contribution is -2.25. The zero-order valence-electron chi connectivity index (χ0n) is 17.2. The van der Waals surface area contributed by atoms with E-state index in [-0.39, 0.29) is 17.5 Å². The highest BCUT2D eigenvalue weighted by molar-refractivity contribution is 5.91. The van der Waals surface area contributed by atoms with E-state index in [2.05, 4.69) is 6.92 Å². The molecule has 0 radical (unpaired) electrons. The van der Waals surface area contributed by atoms with Gasteiger partial charge in [0, 0.05) is 0 Å². The highest BCUT2D eigenvalue weighted by Crippen LogP contribution is 2.32. The minimum absolute atomic E-state index is 0.0732.